The van der Waals surface area contributed by atoms with E-state index in [2.05, 4.69) is 36.3 Å². The maximum Gasteiger partial charge on any atom is 0.269 e. The Morgan fingerprint density at radius 2 is 2.00 bits per heavy atom. The second-order valence-corrected chi connectivity index (χ2v) is 4.68. The number of anilines is 1. The first-order valence-electron chi connectivity index (χ1n) is 5.89. The smallest absolute Gasteiger partial charge is 0.269 e. The van der Waals surface area contributed by atoms with Gasteiger partial charge in [-0.1, -0.05) is 13.8 Å². The second kappa shape index (κ2) is 6.18. The zero-order chi connectivity index (χ0) is 12.8. The summed E-state index contributed by atoms with van der Waals surface area (Å²) in [6.45, 7) is 6.51. The highest BCUT2D eigenvalue weighted by Crippen LogP contribution is 2.10. The van der Waals surface area contributed by atoms with Crippen LogP contribution in [-0.2, 0) is 0 Å². The number of nitrogens with two attached hydrogens (primary N) is 1. The summed E-state index contributed by atoms with van der Waals surface area (Å²) in [5, 5.41) is 10.9. The molecule has 0 radical (unpaired) electrons. The third-order valence-corrected chi connectivity index (χ3v) is 2.49. The number of carbonyl (C=O) groups is 1. The molecule has 1 amide bonds. The number of primary amides is 1. The number of hydrogen-bond acceptors (Lipinski definition) is 4. The topological polar surface area (TPSA) is 80.9 Å². The molecule has 0 fully saturated rings. The molecule has 1 aromatic heterocycles. The molecule has 1 atom stereocenters. The Bertz CT molecular complexity index is 361. The lowest BCUT2D eigenvalue weighted by molar-refractivity contribution is 0.0994. The molecule has 5 nitrogen and oxygen atoms in total. The van der Waals surface area contributed by atoms with Crippen molar-refractivity contribution in [2.45, 2.75) is 39.7 Å². The number of carbonyl (C=O) groups excluding carboxylic acids is 1. The molecular weight excluding hydrogens is 216 g/mol. The molecule has 1 unspecified atom stereocenters. The molecule has 0 aliphatic heterocycles. The maximum absolute atomic E-state index is 10.8. The summed E-state index contributed by atoms with van der Waals surface area (Å²) in [5.41, 5.74) is 5.27. The predicted octanol–water partition coefficient (Wildman–Crippen LogP) is 1.81. The average molecular weight is 236 g/mol. The summed E-state index contributed by atoms with van der Waals surface area (Å²) < 4.78 is 0. The third kappa shape index (κ3) is 4.80. The highest BCUT2D eigenvalue weighted by atomic mass is 16.1. The monoisotopic (exact) mass is 236 g/mol. The van der Waals surface area contributed by atoms with Gasteiger partial charge < -0.3 is 11.1 Å². The first-order chi connectivity index (χ1) is 7.99. The molecule has 0 aliphatic carbocycles. The molecule has 17 heavy (non-hydrogen) atoms. The van der Waals surface area contributed by atoms with Gasteiger partial charge in [0.05, 0.1) is 0 Å². The van der Waals surface area contributed by atoms with Crippen LogP contribution in [0, 0.1) is 5.92 Å². The van der Waals surface area contributed by atoms with E-state index in [1.807, 2.05) is 0 Å². The van der Waals surface area contributed by atoms with Gasteiger partial charge in [-0.2, -0.15) is 0 Å². The van der Waals surface area contributed by atoms with Gasteiger partial charge in [0.25, 0.3) is 5.91 Å². The summed E-state index contributed by atoms with van der Waals surface area (Å²) in [4.78, 5) is 10.8. The van der Waals surface area contributed by atoms with Crippen LogP contribution in [0.5, 0.6) is 0 Å². The average Bonchev–Trinajstić information content (AvgIpc) is 2.27. The van der Waals surface area contributed by atoms with E-state index in [1.54, 1.807) is 12.1 Å². The quantitative estimate of drug-likeness (QED) is 0.789. The molecule has 1 rings (SSSR count). The zero-order valence-electron chi connectivity index (χ0n) is 10.6. The number of aromatic nitrogens is 2. The minimum atomic E-state index is -0.558. The number of amides is 1. The molecule has 94 valence electrons. The van der Waals surface area contributed by atoms with Crippen LogP contribution in [0.25, 0.3) is 0 Å². The highest BCUT2D eigenvalue weighted by Gasteiger charge is 2.06. The van der Waals surface area contributed by atoms with Crippen molar-refractivity contribution < 1.29 is 4.79 Å². The lowest BCUT2D eigenvalue weighted by atomic mass is 10.0. The number of nitrogens with one attached hydrogen (secondary N) is 1. The van der Waals surface area contributed by atoms with Gasteiger partial charge >= 0.3 is 0 Å². The van der Waals surface area contributed by atoms with Gasteiger partial charge in [0, 0.05) is 6.04 Å². The van der Waals surface area contributed by atoms with Crippen LogP contribution in [0.4, 0.5) is 5.82 Å². The minimum absolute atomic E-state index is 0.186. The van der Waals surface area contributed by atoms with Crippen molar-refractivity contribution in [1.82, 2.24) is 10.2 Å². The lowest BCUT2D eigenvalue weighted by Gasteiger charge is -2.15. The van der Waals surface area contributed by atoms with Crippen molar-refractivity contribution in [1.29, 1.82) is 0 Å². The standard InChI is InChI=1S/C12H20N4O/c1-8(2)4-5-9(3)14-11-7-6-10(12(13)17)15-16-11/h6-9H,4-5H2,1-3H3,(H2,13,17)(H,14,16). The van der Waals surface area contributed by atoms with Crippen molar-refractivity contribution in [2.75, 3.05) is 5.32 Å². The summed E-state index contributed by atoms with van der Waals surface area (Å²) in [6.07, 6.45) is 2.25. The van der Waals surface area contributed by atoms with Crippen molar-refractivity contribution in [2.24, 2.45) is 11.7 Å². The molecule has 0 aliphatic rings. The van der Waals surface area contributed by atoms with E-state index in [0.717, 1.165) is 6.42 Å². The van der Waals surface area contributed by atoms with Gasteiger partial charge in [0.1, 0.15) is 5.82 Å². The molecule has 1 heterocycles. The first-order valence-corrected chi connectivity index (χ1v) is 5.89. The largest absolute Gasteiger partial charge is 0.366 e. The predicted molar refractivity (Wildman–Crippen MR) is 67.7 cm³/mol. The summed E-state index contributed by atoms with van der Waals surface area (Å²) in [7, 11) is 0. The van der Waals surface area contributed by atoms with Gasteiger partial charge in [-0.25, -0.2) is 0 Å². The van der Waals surface area contributed by atoms with Crippen LogP contribution < -0.4 is 11.1 Å². The van der Waals surface area contributed by atoms with Crippen LogP contribution in [0.15, 0.2) is 12.1 Å². The fraction of sp³-hybridized carbons (Fsp3) is 0.583. The van der Waals surface area contributed by atoms with Crippen molar-refractivity contribution in [3.8, 4) is 0 Å². The van der Waals surface area contributed by atoms with Crippen LogP contribution in [-0.4, -0.2) is 22.1 Å². The van der Waals surface area contributed by atoms with Gasteiger partial charge in [-0.3, -0.25) is 4.79 Å². The van der Waals surface area contributed by atoms with Crippen LogP contribution in [0.3, 0.4) is 0 Å². The number of hydrogen-bond donors (Lipinski definition) is 2. The van der Waals surface area contributed by atoms with Crippen molar-refractivity contribution >= 4 is 11.7 Å². The molecule has 0 aromatic carbocycles. The van der Waals surface area contributed by atoms with E-state index in [9.17, 15) is 4.79 Å². The molecule has 5 heteroatoms. The van der Waals surface area contributed by atoms with E-state index in [1.165, 1.54) is 6.42 Å². The van der Waals surface area contributed by atoms with Gasteiger partial charge in [0.2, 0.25) is 0 Å². The van der Waals surface area contributed by atoms with Crippen molar-refractivity contribution in [3.05, 3.63) is 17.8 Å². The number of rotatable bonds is 6. The molecule has 0 spiro atoms. The second-order valence-electron chi connectivity index (χ2n) is 4.68. The van der Waals surface area contributed by atoms with Crippen LogP contribution in [0.2, 0.25) is 0 Å². The highest BCUT2D eigenvalue weighted by molar-refractivity contribution is 5.90. The maximum atomic E-state index is 10.8. The van der Waals surface area contributed by atoms with E-state index in [4.69, 9.17) is 5.73 Å². The van der Waals surface area contributed by atoms with Crippen LogP contribution in [0.1, 0.15) is 44.1 Å². The van der Waals surface area contributed by atoms with Gasteiger partial charge in [0.15, 0.2) is 5.69 Å². The summed E-state index contributed by atoms with van der Waals surface area (Å²) in [6, 6.07) is 3.64. The Morgan fingerprint density at radius 3 is 2.47 bits per heavy atom. The Balaban J connectivity index is 2.48. The van der Waals surface area contributed by atoms with E-state index < -0.39 is 5.91 Å². The third-order valence-electron chi connectivity index (χ3n) is 2.49. The summed E-state index contributed by atoms with van der Waals surface area (Å²) >= 11 is 0. The molecule has 0 saturated heterocycles. The van der Waals surface area contributed by atoms with Gasteiger partial charge in [-0.05, 0) is 37.8 Å². The van der Waals surface area contributed by atoms with E-state index >= 15 is 0 Å². The SMILES string of the molecule is CC(C)CCC(C)Nc1ccc(C(N)=O)nn1. The normalized spacial score (nSPS) is 12.5. The van der Waals surface area contributed by atoms with Gasteiger partial charge in [-0.15, -0.1) is 10.2 Å². The Hall–Kier alpha value is -1.65. The first kappa shape index (κ1) is 13.4. The van der Waals surface area contributed by atoms with E-state index in [0.29, 0.717) is 17.8 Å². The van der Waals surface area contributed by atoms with Crippen molar-refractivity contribution in [3.63, 3.8) is 0 Å². The Morgan fingerprint density at radius 1 is 1.29 bits per heavy atom. The Labute approximate surface area is 102 Å². The molecule has 0 bridgehead atoms. The molecule has 0 saturated carbocycles. The Kier molecular flexibility index (Phi) is 4.87. The minimum Gasteiger partial charge on any atom is -0.366 e. The summed E-state index contributed by atoms with van der Waals surface area (Å²) in [5.74, 6) is 0.811. The fourth-order valence-corrected chi connectivity index (χ4v) is 1.45. The van der Waals surface area contributed by atoms with Crippen LogP contribution >= 0.6 is 0 Å². The fourth-order valence-electron chi connectivity index (χ4n) is 1.45. The lowest BCUT2D eigenvalue weighted by Crippen LogP contribution is -2.18. The zero-order valence-corrected chi connectivity index (χ0v) is 10.6. The molecular formula is C12H20N4O. The molecule has 3 N–H and O–H groups in total. The molecule has 1 aromatic rings. The number of nitrogens with zero attached hydrogens (tertiary/aromatic N) is 2. The van der Waals surface area contributed by atoms with E-state index in [-0.39, 0.29) is 5.69 Å².